The Balaban J connectivity index is 1.58. The van der Waals surface area contributed by atoms with Crippen LogP contribution in [0.5, 0.6) is 11.6 Å². The molecule has 2 aromatic heterocycles. The molecule has 1 aliphatic rings. The number of hydrogen-bond acceptors (Lipinski definition) is 7. The molecule has 0 atom stereocenters. The average Bonchev–Trinajstić information content (AvgIpc) is 2.75. The lowest BCUT2D eigenvalue weighted by molar-refractivity contribution is -0.385. The number of ether oxygens (including phenoxy) is 1. The van der Waals surface area contributed by atoms with E-state index >= 15 is 0 Å². The minimum atomic E-state index is -0.518. The van der Waals surface area contributed by atoms with Gasteiger partial charge >= 0.3 is 11.6 Å². The van der Waals surface area contributed by atoms with Crippen LogP contribution < -0.4 is 10.1 Å². The van der Waals surface area contributed by atoms with Crippen molar-refractivity contribution >= 4 is 22.4 Å². The van der Waals surface area contributed by atoms with Crippen LogP contribution >= 0.6 is 0 Å². The van der Waals surface area contributed by atoms with Crippen LogP contribution in [0.15, 0.2) is 54.5 Å². The molecule has 0 radical (unpaired) electrons. The summed E-state index contributed by atoms with van der Waals surface area (Å²) in [5.41, 5.74) is 1.72. The molecule has 8 heteroatoms. The number of benzene rings is 1. The van der Waals surface area contributed by atoms with Crippen molar-refractivity contribution in [3.05, 3.63) is 64.6 Å². The third-order valence-corrected chi connectivity index (χ3v) is 4.90. The fraction of sp³-hybridized carbons (Fsp3) is 0.286. The van der Waals surface area contributed by atoms with E-state index < -0.39 is 4.92 Å². The first kappa shape index (κ1) is 18.8. The highest BCUT2D eigenvalue weighted by molar-refractivity contribution is 5.84. The highest BCUT2D eigenvalue weighted by Crippen LogP contribution is 2.36. The van der Waals surface area contributed by atoms with Gasteiger partial charge in [0.1, 0.15) is 11.8 Å². The first-order valence-corrected chi connectivity index (χ1v) is 9.65. The molecule has 8 nitrogen and oxygen atoms in total. The van der Waals surface area contributed by atoms with Crippen molar-refractivity contribution in [2.45, 2.75) is 32.1 Å². The monoisotopic (exact) mass is 391 g/mol. The number of allylic oxidation sites excluding steroid dienone is 1. The fourth-order valence-electron chi connectivity index (χ4n) is 3.47. The zero-order valence-electron chi connectivity index (χ0n) is 15.9. The number of nitrogens with one attached hydrogen (secondary N) is 1. The fourth-order valence-corrected chi connectivity index (χ4v) is 3.47. The maximum atomic E-state index is 11.7. The van der Waals surface area contributed by atoms with Crippen molar-refractivity contribution in [2.24, 2.45) is 0 Å². The molecule has 1 aliphatic carbocycles. The summed E-state index contributed by atoms with van der Waals surface area (Å²) >= 11 is 0. The summed E-state index contributed by atoms with van der Waals surface area (Å²) in [5.74, 6) is 0.454. The van der Waals surface area contributed by atoms with Crippen LogP contribution in [0, 0.1) is 10.1 Å². The lowest BCUT2D eigenvalue weighted by atomic mass is 9.97. The van der Waals surface area contributed by atoms with E-state index in [2.05, 4.69) is 26.3 Å². The lowest BCUT2D eigenvalue weighted by Gasteiger charge is -2.13. The van der Waals surface area contributed by atoms with E-state index in [-0.39, 0.29) is 17.4 Å². The second-order valence-corrected chi connectivity index (χ2v) is 6.85. The molecule has 1 N–H and O–H groups in total. The molecule has 3 aromatic rings. The van der Waals surface area contributed by atoms with Gasteiger partial charge in [-0.2, -0.15) is 4.98 Å². The van der Waals surface area contributed by atoms with E-state index in [1.165, 1.54) is 24.7 Å². The minimum absolute atomic E-state index is 0.109. The molecule has 0 spiro atoms. The van der Waals surface area contributed by atoms with Gasteiger partial charge in [-0.15, -0.1) is 0 Å². The maximum Gasteiger partial charge on any atom is 0.373 e. The Bertz CT molecular complexity index is 1060. The molecule has 29 heavy (non-hydrogen) atoms. The Morgan fingerprint density at radius 3 is 2.86 bits per heavy atom. The summed E-state index contributed by atoms with van der Waals surface area (Å²) in [4.78, 5) is 23.6. The minimum Gasteiger partial charge on any atom is -0.431 e. The maximum absolute atomic E-state index is 11.7. The van der Waals surface area contributed by atoms with Crippen LogP contribution in [0.2, 0.25) is 0 Å². The zero-order chi connectivity index (χ0) is 20.1. The first-order chi connectivity index (χ1) is 14.2. The predicted octanol–water partition coefficient (Wildman–Crippen LogP) is 5.03. The van der Waals surface area contributed by atoms with Crippen molar-refractivity contribution in [1.29, 1.82) is 0 Å². The molecule has 0 saturated heterocycles. The van der Waals surface area contributed by atoms with Crippen molar-refractivity contribution in [1.82, 2.24) is 15.0 Å². The number of anilines is 1. The molecular weight excluding hydrogens is 370 g/mol. The molecule has 0 bridgehead atoms. The standard InChI is InChI=1S/C21H21N5O3/c27-26(28)19-20(23-13-11-15-6-2-1-3-7-15)24-14-25-21(19)29-17-10-4-8-16-9-5-12-22-18(16)17/h4-6,8-10,12,14H,1-3,7,11,13H2,(H,23,24,25). The highest BCUT2D eigenvalue weighted by Gasteiger charge is 2.25. The third kappa shape index (κ3) is 4.31. The Labute approximate surface area is 167 Å². The quantitative estimate of drug-likeness (QED) is 0.342. The van der Waals surface area contributed by atoms with E-state index in [4.69, 9.17) is 4.74 Å². The summed E-state index contributed by atoms with van der Waals surface area (Å²) in [6, 6.07) is 9.14. The normalized spacial score (nSPS) is 13.7. The van der Waals surface area contributed by atoms with Gasteiger partial charge in [0, 0.05) is 18.1 Å². The van der Waals surface area contributed by atoms with Gasteiger partial charge in [-0.1, -0.05) is 29.8 Å². The number of fused-ring (bicyclic) bond motifs is 1. The van der Waals surface area contributed by atoms with Crippen LogP contribution in [0.4, 0.5) is 11.5 Å². The zero-order valence-corrected chi connectivity index (χ0v) is 15.9. The Kier molecular flexibility index (Phi) is 5.60. The number of hydrogen-bond donors (Lipinski definition) is 1. The van der Waals surface area contributed by atoms with E-state index in [0.717, 1.165) is 24.6 Å². The Morgan fingerprint density at radius 1 is 1.14 bits per heavy atom. The first-order valence-electron chi connectivity index (χ1n) is 9.65. The van der Waals surface area contributed by atoms with Crippen LogP contribution in [0.1, 0.15) is 32.1 Å². The average molecular weight is 391 g/mol. The van der Waals surface area contributed by atoms with E-state index in [1.54, 1.807) is 12.3 Å². The van der Waals surface area contributed by atoms with Gasteiger partial charge in [0.15, 0.2) is 5.75 Å². The SMILES string of the molecule is O=[N+]([O-])c1c(NCCC2=CCCCC2)ncnc1Oc1cccc2cccnc12. The second-order valence-electron chi connectivity index (χ2n) is 6.85. The lowest BCUT2D eigenvalue weighted by Crippen LogP contribution is -2.09. The van der Waals surface area contributed by atoms with Gasteiger partial charge in [-0.05, 0) is 44.2 Å². The highest BCUT2D eigenvalue weighted by atomic mass is 16.6. The summed E-state index contributed by atoms with van der Waals surface area (Å²) < 4.78 is 5.81. The number of nitro groups is 1. The third-order valence-electron chi connectivity index (χ3n) is 4.90. The van der Waals surface area contributed by atoms with Crippen molar-refractivity contribution < 1.29 is 9.66 Å². The van der Waals surface area contributed by atoms with E-state index in [1.807, 2.05) is 24.3 Å². The van der Waals surface area contributed by atoms with Gasteiger partial charge in [-0.25, -0.2) is 4.98 Å². The number of aromatic nitrogens is 3. The summed E-state index contributed by atoms with van der Waals surface area (Å²) in [5, 5.41) is 15.7. The number of rotatable bonds is 7. The molecule has 0 saturated carbocycles. The molecule has 2 heterocycles. The number of nitrogens with zero attached hydrogens (tertiary/aromatic N) is 4. The van der Waals surface area contributed by atoms with Crippen LogP contribution in [0.3, 0.4) is 0 Å². The molecular formula is C21H21N5O3. The molecule has 4 rings (SSSR count). The van der Waals surface area contributed by atoms with E-state index in [9.17, 15) is 10.1 Å². The van der Waals surface area contributed by atoms with Gasteiger partial charge in [0.05, 0.1) is 4.92 Å². The van der Waals surface area contributed by atoms with Crippen LogP contribution in [-0.2, 0) is 0 Å². The van der Waals surface area contributed by atoms with Gasteiger partial charge in [-0.3, -0.25) is 15.1 Å². The molecule has 0 amide bonds. The predicted molar refractivity (Wildman–Crippen MR) is 110 cm³/mol. The number of pyridine rings is 1. The molecule has 0 aliphatic heterocycles. The Morgan fingerprint density at radius 2 is 2.03 bits per heavy atom. The molecule has 0 unspecified atom stereocenters. The molecule has 0 fully saturated rings. The number of para-hydroxylation sites is 1. The van der Waals surface area contributed by atoms with Crippen molar-refractivity contribution in [3.63, 3.8) is 0 Å². The largest absolute Gasteiger partial charge is 0.431 e. The summed E-state index contributed by atoms with van der Waals surface area (Å²) in [6.07, 6.45) is 10.7. The van der Waals surface area contributed by atoms with Gasteiger partial charge in [0.2, 0.25) is 5.82 Å². The summed E-state index contributed by atoms with van der Waals surface area (Å²) in [7, 11) is 0. The van der Waals surface area contributed by atoms with Crippen LogP contribution in [0.25, 0.3) is 10.9 Å². The molecule has 1 aromatic carbocycles. The second kappa shape index (κ2) is 8.64. The Hall–Kier alpha value is -3.55. The van der Waals surface area contributed by atoms with E-state index in [0.29, 0.717) is 17.8 Å². The molecule has 148 valence electrons. The van der Waals surface area contributed by atoms with Crippen molar-refractivity contribution in [3.8, 4) is 11.6 Å². The van der Waals surface area contributed by atoms with Crippen molar-refractivity contribution in [2.75, 3.05) is 11.9 Å². The van der Waals surface area contributed by atoms with Gasteiger partial charge in [0.25, 0.3) is 0 Å². The summed E-state index contributed by atoms with van der Waals surface area (Å²) in [6.45, 7) is 0.568. The topological polar surface area (TPSA) is 103 Å². The van der Waals surface area contributed by atoms with Crippen LogP contribution in [-0.4, -0.2) is 26.4 Å². The smallest absolute Gasteiger partial charge is 0.373 e. The van der Waals surface area contributed by atoms with Gasteiger partial charge < -0.3 is 10.1 Å².